The van der Waals surface area contributed by atoms with Crippen molar-refractivity contribution < 1.29 is 9.53 Å². The highest BCUT2D eigenvalue weighted by atomic mass is 35.5. The van der Waals surface area contributed by atoms with Gasteiger partial charge in [-0.25, -0.2) is 0 Å². The molecule has 0 N–H and O–H groups in total. The number of carbonyl (C=O) groups is 1. The second-order valence-electron chi connectivity index (χ2n) is 11.5. The Morgan fingerprint density at radius 2 is 1.80 bits per heavy atom. The summed E-state index contributed by atoms with van der Waals surface area (Å²) in [6, 6.07) is 24.9. The minimum Gasteiger partial charge on any atom is -0.491 e. The van der Waals surface area contributed by atoms with Crippen molar-refractivity contribution in [2.24, 2.45) is 0 Å². The molecule has 1 heterocycles. The lowest BCUT2D eigenvalue weighted by Crippen LogP contribution is -2.47. The van der Waals surface area contributed by atoms with Crippen molar-refractivity contribution in [1.29, 1.82) is 0 Å². The van der Waals surface area contributed by atoms with Crippen molar-refractivity contribution >= 4 is 29.1 Å². The molecule has 214 valence electrons. The van der Waals surface area contributed by atoms with E-state index in [0.717, 1.165) is 56.6 Å². The number of hydrogen-bond donors (Lipinski definition) is 0. The first-order chi connectivity index (χ1) is 19.2. The first kappa shape index (κ1) is 30.4. The predicted octanol–water partition coefficient (Wildman–Crippen LogP) is 8.01. The molecular weight excluding hydrogens is 539 g/mol. The second-order valence-corrected chi connectivity index (χ2v) is 12.3. The zero-order valence-electron chi connectivity index (χ0n) is 24.2. The molecule has 2 atom stereocenters. The number of carbonyl (C=O) groups excluding carboxylic acids is 1. The molecule has 0 aromatic heterocycles. The van der Waals surface area contributed by atoms with Crippen molar-refractivity contribution in [2.45, 2.75) is 63.4 Å². The molecule has 0 radical (unpaired) electrons. The van der Waals surface area contributed by atoms with Crippen LogP contribution in [0.1, 0.15) is 62.1 Å². The number of nitrogens with zero attached hydrogens (tertiary/aromatic N) is 2. The quantitative estimate of drug-likeness (QED) is 0.215. The van der Waals surface area contributed by atoms with Gasteiger partial charge in [-0.2, -0.15) is 0 Å². The van der Waals surface area contributed by atoms with Gasteiger partial charge in [0.2, 0.25) is 5.91 Å². The zero-order valence-corrected chi connectivity index (χ0v) is 25.7. The van der Waals surface area contributed by atoms with Crippen LogP contribution in [0.15, 0.2) is 72.8 Å². The van der Waals surface area contributed by atoms with Crippen molar-refractivity contribution in [3.63, 3.8) is 0 Å². The molecule has 0 bridgehead atoms. The Kier molecular flexibility index (Phi) is 10.6. The minimum absolute atomic E-state index is 0.00956. The van der Waals surface area contributed by atoms with Gasteiger partial charge >= 0.3 is 0 Å². The summed E-state index contributed by atoms with van der Waals surface area (Å²) in [5.74, 6) is 1.24. The van der Waals surface area contributed by atoms with Gasteiger partial charge in [-0.05, 0) is 87.7 Å². The van der Waals surface area contributed by atoms with Crippen LogP contribution in [0.2, 0.25) is 10.0 Å². The topological polar surface area (TPSA) is 32.8 Å². The Morgan fingerprint density at radius 3 is 2.52 bits per heavy atom. The van der Waals surface area contributed by atoms with E-state index in [-0.39, 0.29) is 17.4 Å². The fourth-order valence-electron chi connectivity index (χ4n) is 6.08. The summed E-state index contributed by atoms with van der Waals surface area (Å²) in [4.78, 5) is 17.3. The van der Waals surface area contributed by atoms with Gasteiger partial charge in [0, 0.05) is 31.5 Å². The Hall–Kier alpha value is -2.53. The Labute approximate surface area is 250 Å². The monoisotopic (exact) mass is 580 g/mol. The van der Waals surface area contributed by atoms with Gasteiger partial charge in [-0.15, -0.1) is 0 Å². The number of unbranched alkanes of at least 4 members (excludes halogenated alkanes) is 1. The van der Waals surface area contributed by atoms with Gasteiger partial charge in [0.25, 0.3) is 0 Å². The van der Waals surface area contributed by atoms with E-state index < -0.39 is 0 Å². The van der Waals surface area contributed by atoms with E-state index in [1.165, 1.54) is 11.1 Å². The fourth-order valence-corrected chi connectivity index (χ4v) is 6.39. The number of amides is 1. The van der Waals surface area contributed by atoms with E-state index in [1.54, 1.807) is 0 Å². The van der Waals surface area contributed by atoms with E-state index in [1.807, 2.05) is 56.1 Å². The maximum atomic E-state index is 13.0. The maximum absolute atomic E-state index is 13.0. The normalized spacial score (nSPS) is 19.5. The SMILES string of the molecule is CC(C)Oc1cccc(CC(=O)N(C)CCCCC2(c3ccccc3)CCN(C)CC2c2ccc(Cl)c(Cl)c2)c1. The first-order valence-electron chi connectivity index (χ1n) is 14.4. The summed E-state index contributed by atoms with van der Waals surface area (Å²) in [6.07, 6.45) is 4.59. The minimum atomic E-state index is -0.00956. The van der Waals surface area contributed by atoms with Gasteiger partial charge in [-0.1, -0.05) is 78.2 Å². The van der Waals surface area contributed by atoms with Crippen LogP contribution in [0.4, 0.5) is 0 Å². The van der Waals surface area contributed by atoms with Gasteiger partial charge < -0.3 is 14.5 Å². The van der Waals surface area contributed by atoms with Crippen LogP contribution in [0.25, 0.3) is 0 Å². The van der Waals surface area contributed by atoms with Gasteiger partial charge in [0.1, 0.15) is 5.75 Å². The van der Waals surface area contributed by atoms with E-state index in [2.05, 4.69) is 54.4 Å². The van der Waals surface area contributed by atoms with E-state index >= 15 is 0 Å². The first-order valence-corrected chi connectivity index (χ1v) is 15.1. The summed E-state index contributed by atoms with van der Waals surface area (Å²) in [7, 11) is 4.11. The molecule has 1 amide bonds. The Morgan fingerprint density at radius 1 is 1.02 bits per heavy atom. The lowest BCUT2D eigenvalue weighted by atomic mass is 9.61. The van der Waals surface area contributed by atoms with Crippen molar-refractivity contribution in [2.75, 3.05) is 33.7 Å². The number of halogens is 2. The van der Waals surface area contributed by atoms with Crippen LogP contribution in [-0.2, 0) is 16.6 Å². The van der Waals surface area contributed by atoms with Crippen molar-refractivity contribution in [3.8, 4) is 5.75 Å². The smallest absolute Gasteiger partial charge is 0.226 e. The third kappa shape index (κ3) is 7.60. The maximum Gasteiger partial charge on any atom is 0.226 e. The third-order valence-electron chi connectivity index (χ3n) is 8.21. The molecule has 1 aliphatic rings. The van der Waals surface area contributed by atoms with Crippen LogP contribution >= 0.6 is 23.2 Å². The molecule has 0 saturated carbocycles. The highest BCUT2D eigenvalue weighted by Gasteiger charge is 2.44. The summed E-state index contributed by atoms with van der Waals surface area (Å²) in [5.41, 5.74) is 3.59. The van der Waals surface area contributed by atoms with Gasteiger partial charge in [0.15, 0.2) is 0 Å². The van der Waals surface area contributed by atoms with Crippen molar-refractivity contribution in [1.82, 2.24) is 9.80 Å². The Balaban J connectivity index is 1.44. The number of likely N-dealkylation sites (tertiary alicyclic amines) is 1. The third-order valence-corrected chi connectivity index (χ3v) is 8.95. The van der Waals surface area contributed by atoms with E-state index in [0.29, 0.717) is 22.4 Å². The molecule has 3 aromatic carbocycles. The lowest BCUT2D eigenvalue weighted by molar-refractivity contribution is -0.129. The number of benzene rings is 3. The molecule has 40 heavy (non-hydrogen) atoms. The highest BCUT2D eigenvalue weighted by molar-refractivity contribution is 6.42. The summed E-state index contributed by atoms with van der Waals surface area (Å²) in [6.45, 7) is 6.76. The molecule has 0 spiro atoms. The second kappa shape index (κ2) is 13.9. The molecule has 2 unspecified atom stereocenters. The average Bonchev–Trinajstić information content (AvgIpc) is 2.93. The lowest BCUT2D eigenvalue weighted by Gasteiger charge is -2.48. The molecule has 6 heteroatoms. The van der Waals surface area contributed by atoms with Crippen molar-refractivity contribution in [3.05, 3.63) is 99.5 Å². The van der Waals surface area contributed by atoms with Gasteiger partial charge in [0.05, 0.1) is 22.6 Å². The zero-order chi connectivity index (χ0) is 28.7. The van der Waals surface area contributed by atoms with Crippen LogP contribution in [0.3, 0.4) is 0 Å². The average molecular weight is 582 g/mol. The summed E-state index contributed by atoms with van der Waals surface area (Å²) < 4.78 is 5.80. The van der Waals surface area contributed by atoms with Crippen LogP contribution in [-0.4, -0.2) is 55.5 Å². The molecule has 1 fully saturated rings. The molecule has 4 nitrogen and oxygen atoms in total. The van der Waals surface area contributed by atoms with Crippen LogP contribution < -0.4 is 4.74 Å². The number of likely N-dealkylation sites (N-methyl/N-ethyl adjacent to an activating group) is 2. The highest BCUT2D eigenvalue weighted by Crippen LogP contribution is 2.49. The van der Waals surface area contributed by atoms with Crippen LogP contribution in [0, 0.1) is 0 Å². The Bertz CT molecular complexity index is 1270. The summed E-state index contributed by atoms with van der Waals surface area (Å²) >= 11 is 12.8. The van der Waals surface area contributed by atoms with E-state index in [4.69, 9.17) is 27.9 Å². The molecule has 4 rings (SSSR count). The standard InChI is InChI=1S/C34H42Cl2N2O2/c1-25(2)40-29-14-10-11-26(21-29)22-33(39)38(4)19-9-8-17-34(28-12-6-5-7-13-28)18-20-37(3)24-30(34)27-15-16-31(35)32(36)23-27/h5-7,10-16,21,23,25,30H,8-9,17-20,22,24H2,1-4H3. The molecule has 1 saturated heterocycles. The van der Waals surface area contributed by atoms with Crippen LogP contribution in [0.5, 0.6) is 5.75 Å². The molecule has 0 aliphatic carbocycles. The van der Waals surface area contributed by atoms with Gasteiger partial charge in [-0.3, -0.25) is 4.79 Å². The number of hydrogen-bond acceptors (Lipinski definition) is 3. The number of rotatable bonds is 11. The largest absolute Gasteiger partial charge is 0.491 e. The molecular formula is C34H42Cl2N2O2. The predicted molar refractivity (Wildman–Crippen MR) is 167 cm³/mol. The summed E-state index contributed by atoms with van der Waals surface area (Å²) in [5, 5.41) is 1.20. The fraction of sp³-hybridized carbons (Fsp3) is 0.441. The molecule has 1 aliphatic heterocycles. The number of piperidine rings is 1. The number of ether oxygens (including phenoxy) is 1. The molecule has 3 aromatic rings. The van der Waals surface area contributed by atoms with E-state index in [9.17, 15) is 4.79 Å².